The molecule has 0 aromatic carbocycles. The second-order valence-electron chi connectivity index (χ2n) is 5.15. The van der Waals surface area contributed by atoms with Gasteiger partial charge in [0.15, 0.2) is 0 Å². The van der Waals surface area contributed by atoms with Crippen molar-refractivity contribution in [1.82, 2.24) is 5.32 Å². The first-order valence-corrected chi connectivity index (χ1v) is 7.29. The van der Waals surface area contributed by atoms with Crippen LogP contribution >= 0.6 is 0 Å². The second kappa shape index (κ2) is 8.55. The van der Waals surface area contributed by atoms with E-state index in [2.05, 4.69) is 5.32 Å². The zero-order valence-electron chi connectivity index (χ0n) is 12.0. The number of esters is 1. The minimum atomic E-state index is -0.620. The van der Waals surface area contributed by atoms with Crippen LogP contribution in [0.4, 0.5) is 0 Å². The van der Waals surface area contributed by atoms with E-state index in [1.165, 1.54) is 6.42 Å². The third-order valence-electron chi connectivity index (χ3n) is 3.61. The number of amides is 2. The van der Waals surface area contributed by atoms with Gasteiger partial charge in [0.25, 0.3) is 0 Å². The van der Waals surface area contributed by atoms with E-state index in [4.69, 9.17) is 10.5 Å². The summed E-state index contributed by atoms with van der Waals surface area (Å²) in [5, 5.41) is 2.66. The third-order valence-corrected chi connectivity index (χ3v) is 3.61. The molecule has 3 N–H and O–H groups in total. The van der Waals surface area contributed by atoms with Gasteiger partial charge in [-0.1, -0.05) is 19.3 Å². The summed E-state index contributed by atoms with van der Waals surface area (Å²) in [6.07, 6.45) is 5.15. The first-order valence-electron chi connectivity index (χ1n) is 7.29. The van der Waals surface area contributed by atoms with Gasteiger partial charge in [0.1, 0.15) is 6.04 Å². The van der Waals surface area contributed by atoms with Gasteiger partial charge >= 0.3 is 5.97 Å². The van der Waals surface area contributed by atoms with Gasteiger partial charge in [-0.05, 0) is 25.7 Å². The SMILES string of the molecule is CCOC(=O)CCC(=O)N[C@@H](C(N)=O)C1CCCCC1. The highest BCUT2D eigenvalue weighted by Crippen LogP contribution is 2.26. The number of carbonyl (C=O) groups excluding carboxylic acids is 3. The molecule has 6 nitrogen and oxygen atoms in total. The largest absolute Gasteiger partial charge is 0.466 e. The molecule has 1 rings (SSSR count). The topological polar surface area (TPSA) is 98.5 Å². The lowest BCUT2D eigenvalue weighted by Gasteiger charge is -2.28. The van der Waals surface area contributed by atoms with Crippen molar-refractivity contribution in [1.29, 1.82) is 0 Å². The summed E-state index contributed by atoms with van der Waals surface area (Å²) in [7, 11) is 0. The molecule has 20 heavy (non-hydrogen) atoms. The van der Waals surface area contributed by atoms with E-state index in [9.17, 15) is 14.4 Å². The maximum atomic E-state index is 11.8. The number of primary amides is 1. The highest BCUT2D eigenvalue weighted by atomic mass is 16.5. The van der Waals surface area contributed by atoms with Crippen LogP contribution in [0.15, 0.2) is 0 Å². The smallest absolute Gasteiger partial charge is 0.306 e. The Morgan fingerprint density at radius 3 is 2.40 bits per heavy atom. The average Bonchev–Trinajstić information content (AvgIpc) is 2.43. The van der Waals surface area contributed by atoms with Crippen LogP contribution in [0.2, 0.25) is 0 Å². The van der Waals surface area contributed by atoms with Gasteiger partial charge in [-0.15, -0.1) is 0 Å². The molecule has 0 aromatic heterocycles. The Labute approximate surface area is 119 Å². The predicted molar refractivity (Wildman–Crippen MR) is 73.6 cm³/mol. The molecule has 0 spiro atoms. The Balaban J connectivity index is 2.42. The zero-order chi connectivity index (χ0) is 15.0. The first kappa shape index (κ1) is 16.5. The highest BCUT2D eigenvalue weighted by Gasteiger charge is 2.29. The molecule has 1 aliphatic rings. The number of rotatable bonds is 7. The Kier molecular flexibility index (Phi) is 7.04. The maximum absolute atomic E-state index is 11.8. The van der Waals surface area contributed by atoms with Crippen molar-refractivity contribution in [2.75, 3.05) is 6.61 Å². The van der Waals surface area contributed by atoms with Crippen molar-refractivity contribution >= 4 is 17.8 Å². The monoisotopic (exact) mass is 284 g/mol. The number of nitrogens with one attached hydrogen (secondary N) is 1. The molecule has 1 fully saturated rings. The molecule has 2 amide bonds. The summed E-state index contributed by atoms with van der Waals surface area (Å²) in [6.45, 7) is 2.01. The molecular weight excluding hydrogens is 260 g/mol. The Hall–Kier alpha value is -1.59. The molecule has 0 aromatic rings. The molecule has 1 aliphatic carbocycles. The first-order chi connectivity index (χ1) is 9.54. The van der Waals surface area contributed by atoms with Crippen LogP contribution in [0, 0.1) is 5.92 Å². The Morgan fingerprint density at radius 2 is 1.85 bits per heavy atom. The molecule has 114 valence electrons. The van der Waals surface area contributed by atoms with E-state index in [0.29, 0.717) is 6.61 Å². The van der Waals surface area contributed by atoms with E-state index in [1.807, 2.05) is 0 Å². The lowest BCUT2D eigenvalue weighted by atomic mass is 9.83. The number of hydrogen-bond donors (Lipinski definition) is 2. The summed E-state index contributed by atoms with van der Waals surface area (Å²) in [4.78, 5) is 34.4. The molecule has 1 atom stereocenters. The Bertz CT molecular complexity index is 351. The van der Waals surface area contributed by atoms with Crippen molar-refractivity contribution in [3.8, 4) is 0 Å². The summed E-state index contributed by atoms with van der Waals surface area (Å²) in [5.41, 5.74) is 5.37. The highest BCUT2D eigenvalue weighted by molar-refractivity contribution is 5.88. The van der Waals surface area contributed by atoms with Crippen LogP contribution in [0.25, 0.3) is 0 Å². The van der Waals surface area contributed by atoms with Crippen LogP contribution in [0.1, 0.15) is 51.9 Å². The van der Waals surface area contributed by atoms with Gasteiger partial charge < -0.3 is 15.8 Å². The van der Waals surface area contributed by atoms with Crippen molar-refractivity contribution in [2.24, 2.45) is 11.7 Å². The van der Waals surface area contributed by atoms with Gasteiger partial charge in [-0.25, -0.2) is 0 Å². The maximum Gasteiger partial charge on any atom is 0.306 e. The lowest BCUT2D eigenvalue weighted by Crippen LogP contribution is -2.49. The van der Waals surface area contributed by atoms with Gasteiger partial charge in [-0.3, -0.25) is 14.4 Å². The van der Waals surface area contributed by atoms with Crippen molar-refractivity contribution in [2.45, 2.75) is 57.9 Å². The lowest BCUT2D eigenvalue weighted by molar-refractivity contribution is -0.144. The third kappa shape index (κ3) is 5.59. The summed E-state index contributed by atoms with van der Waals surface area (Å²) in [5.74, 6) is -1.11. The number of carbonyl (C=O) groups is 3. The van der Waals surface area contributed by atoms with E-state index in [0.717, 1.165) is 25.7 Å². The van der Waals surface area contributed by atoms with Crippen LogP contribution in [-0.4, -0.2) is 30.4 Å². The van der Waals surface area contributed by atoms with E-state index < -0.39 is 17.9 Å². The molecule has 0 radical (unpaired) electrons. The van der Waals surface area contributed by atoms with E-state index >= 15 is 0 Å². The van der Waals surface area contributed by atoms with Gasteiger partial charge in [0.05, 0.1) is 13.0 Å². The van der Waals surface area contributed by atoms with Crippen molar-refractivity contribution in [3.05, 3.63) is 0 Å². The van der Waals surface area contributed by atoms with Crippen LogP contribution in [-0.2, 0) is 19.1 Å². The van der Waals surface area contributed by atoms with Crippen molar-refractivity contribution < 1.29 is 19.1 Å². The average molecular weight is 284 g/mol. The zero-order valence-corrected chi connectivity index (χ0v) is 12.0. The number of nitrogens with two attached hydrogens (primary N) is 1. The fourth-order valence-electron chi connectivity index (χ4n) is 2.58. The molecular formula is C14H24N2O4. The number of ether oxygens (including phenoxy) is 1. The minimum Gasteiger partial charge on any atom is -0.466 e. The summed E-state index contributed by atoms with van der Waals surface area (Å²) in [6, 6.07) is -0.620. The van der Waals surface area contributed by atoms with E-state index in [-0.39, 0.29) is 24.7 Å². The second-order valence-corrected chi connectivity index (χ2v) is 5.15. The molecule has 1 saturated carbocycles. The number of hydrogen-bond acceptors (Lipinski definition) is 4. The fourth-order valence-corrected chi connectivity index (χ4v) is 2.58. The van der Waals surface area contributed by atoms with Crippen LogP contribution in [0.3, 0.4) is 0 Å². The van der Waals surface area contributed by atoms with Gasteiger partial charge in [0.2, 0.25) is 11.8 Å². The summed E-state index contributed by atoms with van der Waals surface area (Å²) < 4.78 is 4.75. The molecule has 0 bridgehead atoms. The Morgan fingerprint density at radius 1 is 1.20 bits per heavy atom. The van der Waals surface area contributed by atoms with Crippen LogP contribution < -0.4 is 11.1 Å². The summed E-state index contributed by atoms with van der Waals surface area (Å²) >= 11 is 0. The molecule has 0 saturated heterocycles. The molecule has 0 heterocycles. The van der Waals surface area contributed by atoms with Gasteiger partial charge in [-0.2, -0.15) is 0 Å². The molecule has 0 aliphatic heterocycles. The molecule has 0 unspecified atom stereocenters. The fraction of sp³-hybridized carbons (Fsp3) is 0.786. The van der Waals surface area contributed by atoms with Crippen molar-refractivity contribution in [3.63, 3.8) is 0 Å². The molecule has 6 heteroatoms. The quantitative estimate of drug-likeness (QED) is 0.678. The van der Waals surface area contributed by atoms with E-state index in [1.54, 1.807) is 6.92 Å². The predicted octanol–water partition coefficient (Wildman–Crippen LogP) is 0.880. The normalized spacial score (nSPS) is 17.2. The van der Waals surface area contributed by atoms with Gasteiger partial charge in [0, 0.05) is 6.42 Å². The standard InChI is InChI=1S/C14H24N2O4/c1-2-20-12(18)9-8-11(17)16-13(14(15)19)10-6-4-3-5-7-10/h10,13H,2-9H2,1H3,(H2,15,19)(H,16,17)/t13-/m1/s1. The minimum absolute atomic E-state index is 0.0231. The van der Waals surface area contributed by atoms with Crippen LogP contribution in [0.5, 0.6) is 0 Å².